The maximum atomic E-state index is 12.8. The van der Waals surface area contributed by atoms with Crippen LogP contribution in [0.3, 0.4) is 0 Å². The number of carbonyl (C=O) groups is 3. The molecular weight excluding hydrogens is 412 g/mol. The topological polar surface area (TPSA) is 85.4 Å². The number of amides is 2. The molecule has 3 rings (SSSR count). The molecule has 0 spiro atoms. The number of fused-ring (bicyclic) bond motifs is 1. The summed E-state index contributed by atoms with van der Waals surface area (Å²) in [6.45, 7) is 4.00. The van der Waals surface area contributed by atoms with Crippen molar-refractivity contribution in [3.05, 3.63) is 22.7 Å². The maximum absolute atomic E-state index is 12.8. The van der Waals surface area contributed by atoms with Gasteiger partial charge in [-0.05, 0) is 31.9 Å². The Morgan fingerprint density at radius 2 is 1.90 bits per heavy atom. The Balaban J connectivity index is 1.58. The molecule has 0 unspecified atom stereocenters. The van der Waals surface area contributed by atoms with Crippen molar-refractivity contribution < 1.29 is 28.6 Å². The average molecular weight is 439 g/mol. The van der Waals surface area contributed by atoms with Crippen LogP contribution in [0.4, 0.5) is 0 Å². The van der Waals surface area contributed by atoms with E-state index in [2.05, 4.69) is 0 Å². The number of benzene rings is 1. The van der Waals surface area contributed by atoms with Crippen LogP contribution in [0.25, 0.3) is 0 Å². The summed E-state index contributed by atoms with van der Waals surface area (Å²) in [6.07, 6.45) is 1.87. The van der Waals surface area contributed by atoms with Gasteiger partial charge in [0.05, 0.1) is 37.3 Å². The van der Waals surface area contributed by atoms with Gasteiger partial charge in [-0.3, -0.25) is 14.4 Å². The van der Waals surface area contributed by atoms with Crippen LogP contribution >= 0.6 is 11.6 Å². The van der Waals surface area contributed by atoms with E-state index in [0.717, 1.165) is 6.42 Å². The van der Waals surface area contributed by atoms with Gasteiger partial charge in [0.2, 0.25) is 5.91 Å². The molecule has 30 heavy (non-hydrogen) atoms. The minimum Gasteiger partial charge on any atom is -0.489 e. The highest BCUT2D eigenvalue weighted by Crippen LogP contribution is 2.38. The van der Waals surface area contributed by atoms with Crippen molar-refractivity contribution in [2.45, 2.75) is 26.2 Å². The zero-order valence-electron chi connectivity index (χ0n) is 17.3. The molecule has 0 bridgehead atoms. The van der Waals surface area contributed by atoms with Gasteiger partial charge >= 0.3 is 5.97 Å². The van der Waals surface area contributed by atoms with Crippen LogP contribution in [0.15, 0.2) is 12.1 Å². The van der Waals surface area contributed by atoms with Crippen molar-refractivity contribution in [3.8, 4) is 11.5 Å². The summed E-state index contributed by atoms with van der Waals surface area (Å²) < 4.78 is 16.3. The summed E-state index contributed by atoms with van der Waals surface area (Å²) in [5.41, 5.74) is 0.334. The number of nitrogens with zero attached hydrogens (tertiary/aromatic N) is 2. The number of piperidine rings is 1. The molecule has 1 saturated heterocycles. The Hall–Kier alpha value is -2.48. The molecule has 1 aromatic carbocycles. The Morgan fingerprint density at radius 1 is 1.20 bits per heavy atom. The van der Waals surface area contributed by atoms with Crippen LogP contribution in [0.2, 0.25) is 5.02 Å². The van der Waals surface area contributed by atoms with Crippen molar-refractivity contribution in [2.24, 2.45) is 5.92 Å². The van der Waals surface area contributed by atoms with Gasteiger partial charge in [-0.25, -0.2) is 0 Å². The van der Waals surface area contributed by atoms with Gasteiger partial charge < -0.3 is 24.0 Å². The molecule has 2 aliphatic heterocycles. The van der Waals surface area contributed by atoms with E-state index >= 15 is 0 Å². The molecule has 0 aliphatic carbocycles. The van der Waals surface area contributed by atoms with Crippen LogP contribution < -0.4 is 9.47 Å². The lowest BCUT2D eigenvalue weighted by molar-refractivity contribution is -0.151. The second kappa shape index (κ2) is 10.0. The van der Waals surface area contributed by atoms with Crippen LogP contribution in [0, 0.1) is 5.92 Å². The van der Waals surface area contributed by atoms with Crippen molar-refractivity contribution in [1.82, 2.24) is 9.80 Å². The van der Waals surface area contributed by atoms with Gasteiger partial charge in [-0.1, -0.05) is 11.6 Å². The van der Waals surface area contributed by atoms with Gasteiger partial charge in [-0.2, -0.15) is 0 Å². The highest BCUT2D eigenvalue weighted by molar-refractivity contribution is 6.32. The molecule has 0 radical (unpaired) electrons. The Bertz CT molecular complexity index is 807. The molecule has 0 atom stereocenters. The largest absolute Gasteiger partial charge is 0.489 e. The van der Waals surface area contributed by atoms with Crippen LogP contribution in [0.5, 0.6) is 11.5 Å². The fourth-order valence-corrected chi connectivity index (χ4v) is 3.84. The second-order valence-electron chi connectivity index (χ2n) is 7.40. The minimum absolute atomic E-state index is 0.0605. The van der Waals surface area contributed by atoms with Gasteiger partial charge in [0.15, 0.2) is 11.5 Å². The number of halogens is 1. The van der Waals surface area contributed by atoms with Crippen LogP contribution in [-0.2, 0) is 14.3 Å². The predicted molar refractivity (Wildman–Crippen MR) is 110 cm³/mol. The molecule has 2 amide bonds. The van der Waals surface area contributed by atoms with Crippen molar-refractivity contribution >= 4 is 29.4 Å². The highest BCUT2D eigenvalue weighted by Gasteiger charge is 2.29. The summed E-state index contributed by atoms with van der Waals surface area (Å²) in [6, 6.07) is 3.13. The van der Waals surface area contributed by atoms with E-state index in [4.69, 9.17) is 25.8 Å². The lowest BCUT2D eigenvalue weighted by atomic mass is 9.97. The zero-order chi connectivity index (χ0) is 21.7. The Kier molecular flexibility index (Phi) is 7.42. The Labute approximate surface area is 181 Å². The standard InChI is InChI=1S/C21H27ClN2O6/c1-3-28-21(27)14-5-7-24(8-6-14)18(25)13-23(2)20(26)15-11-16(22)19-17(12-15)29-9-4-10-30-19/h11-12,14H,3-10,13H2,1-2H3. The van der Waals surface area contributed by atoms with Crippen LogP contribution in [0.1, 0.15) is 36.5 Å². The third-order valence-corrected chi connectivity index (χ3v) is 5.52. The summed E-state index contributed by atoms with van der Waals surface area (Å²) in [4.78, 5) is 40.4. The maximum Gasteiger partial charge on any atom is 0.309 e. The molecule has 8 nitrogen and oxygen atoms in total. The number of likely N-dealkylation sites (tertiary alicyclic amines) is 1. The van der Waals surface area contributed by atoms with E-state index in [1.807, 2.05) is 0 Å². The summed E-state index contributed by atoms with van der Waals surface area (Å²) in [5.74, 6) is 0.00872. The number of rotatable bonds is 5. The molecule has 2 heterocycles. The molecule has 1 fully saturated rings. The number of likely N-dealkylation sites (N-methyl/N-ethyl adjacent to an activating group) is 1. The summed E-state index contributed by atoms with van der Waals surface area (Å²) in [7, 11) is 1.57. The molecule has 2 aliphatic rings. The first-order valence-corrected chi connectivity index (χ1v) is 10.6. The minimum atomic E-state index is -0.331. The fraction of sp³-hybridized carbons (Fsp3) is 0.571. The first kappa shape index (κ1) is 22.2. The highest BCUT2D eigenvalue weighted by atomic mass is 35.5. The van der Waals surface area contributed by atoms with E-state index in [1.54, 1.807) is 24.9 Å². The first-order valence-electron chi connectivity index (χ1n) is 10.2. The molecule has 0 N–H and O–H groups in total. The van der Waals surface area contributed by atoms with Gasteiger partial charge in [0, 0.05) is 32.1 Å². The van der Waals surface area contributed by atoms with E-state index < -0.39 is 0 Å². The number of ether oxygens (including phenoxy) is 3. The van der Waals surface area contributed by atoms with Crippen molar-refractivity contribution in [2.75, 3.05) is 46.5 Å². The smallest absolute Gasteiger partial charge is 0.309 e. The third-order valence-electron chi connectivity index (χ3n) is 5.24. The molecular formula is C21H27ClN2O6. The molecule has 164 valence electrons. The molecule has 9 heteroatoms. The number of carbonyl (C=O) groups excluding carboxylic acids is 3. The summed E-state index contributed by atoms with van der Waals surface area (Å²) in [5, 5.41) is 0.304. The lowest BCUT2D eigenvalue weighted by Crippen LogP contribution is -2.45. The van der Waals surface area contributed by atoms with Crippen molar-refractivity contribution in [3.63, 3.8) is 0 Å². The summed E-state index contributed by atoms with van der Waals surface area (Å²) >= 11 is 6.27. The lowest BCUT2D eigenvalue weighted by Gasteiger charge is -2.32. The van der Waals surface area contributed by atoms with Gasteiger partial charge in [0.1, 0.15) is 0 Å². The number of hydrogen-bond acceptors (Lipinski definition) is 6. The molecule has 0 aromatic heterocycles. The third kappa shape index (κ3) is 5.16. The Morgan fingerprint density at radius 3 is 2.60 bits per heavy atom. The molecule has 1 aromatic rings. The molecule has 0 saturated carbocycles. The number of hydrogen-bond donors (Lipinski definition) is 0. The average Bonchev–Trinajstić information content (AvgIpc) is 2.99. The first-order chi connectivity index (χ1) is 14.4. The van der Waals surface area contributed by atoms with Crippen molar-refractivity contribution in [1.29, 1.82) is 0 Å². The van der Waals surface area contributed by atoms with E-state index in [0.29, 0.717) is 67.8 Å². The van der Waals surface area contributed by atoms with Gasteiger partial charge in [0.25, 0.3) is 5.91 Å². The van der Waals surface area contributed by atoms with E-state index in [9.17, 15) is 14.4 Å². The quantitative estimate of drug-likeness (QED) is 0.656. The monoisotopic (exact) mass is 438 g/mol. The van der Waals surface area contributed by atoms with E-state index in [-0.39, 0.29) is 30.2 Å². The van der Waals surface area contributed by atoms with E-state index in [1.165, 1.54) is 11.0 Å². The SMILES string of the molecule is CCOC(=O)C1CCN(C(=O)CN(C)C(=O)c2cc(Cl)c3c(c2)OCCCO3)CC1. The fourth-order valence-electron chi connectivity index (χ4n) is 3.57. The number of esters is 1. The zero-order valence-corrected chi connectivity index (χ0v) is 18.1. The van der Waals surface area contributed by atoms with Gasteiger partial charge in [-0.15, -0.1) is 0 Å². The normalized spacial score (nSPS) is 16.6. The van der Waals surface area contributed by atoms with Crippen LogP contribution in [-0.4, -0.2) is 74.1 Å². The predicted octanol–water partition coefficient (Wildman–Crippen LogP) is 2.38. The second-order valence-corrected chi connectivity index (χ2v) is 7.81.